The molecule has 0 nitrogen and oxygen atoms in total. The molecule has 0 amide bonds. The standard InChI is InChI=1S/C17H11Br/c18-10-11-8-9-16-14-5-2-1-4-13(14)15-7-3-6-12(11)17(15)16/h1-9H,10H2. The van der Waals surface area contributed by atoms with Crippen LogP contribution in [0.5, 0.6) is 0 Å². The fourth-order valence-corrected chi connectivity index (χ4v) is 3.47. The Morgan fingerprint density at radius 3 is 2.06 bits per heavy atom. The molecular formula is C17H11Br. The first kappa shape index (κ1) is 10.3. The summed E-state index contributed by atoms with van der Waals surface area (Å²) in [5, 5.41) is 3.69. The summed E-state index contributed by atoms with van der Waals surface area (Å²) < 4.78 is 0. The minimum atomic E-state index is 0.906. The molecule has 0 heterocycles. The second-order valence-corrected chi connectivity index (χ2v) is 5.24. The highest BCUT2D eigenvalue weighted by atomic mass is 79.9. The first-order valence-electron chi connectivity index (χ1n) is 6.10. The van der Waals surface area contributed by atoms with E-state index >= 15 is 0 Å². The van der Waals surface area contributed by atoms with Gasteiger partial charge in [-0.15, -0.1) is 0 Å². The SMILES string of the molecule is BrCc1ccc2c3c(cccc13)-c1ccccc1-2. The van der Waals surface area contributed by atoms with Crippen molar-refractivity contribution in [2.45, 2.75) is 5.33 Å². The van der Waals surface area contributed by atoms with Gasteiger partial charge in [-0.1, -0.05) is 70.5 Å². The number of rotatable bonds is 1. The lowest BCUT2D eigenvalue weighted by atomic mass is 9.99. The largest absolute Gasteiger partial charge is 0.0876 e. The van der Waals surface area contributed by atoms with Gasteiger partial charge in [0.2, 0.25) is 0 Å². The molecule has 0 saturated heterocycles. The lowest BCUT2D eigenvalue weighted by Gasteiger charge is -2.06. The zero-order valence-electron chi connectivity index (χ0n) is 9.78. The molecule has 86 valence electrons. The van der Waals surface area contributed by atoms with E-state index in [9.17, 15) is 0 Å². The molecule has 0 atom stereocenters. The van der Waals surface area contributed by atoms with Crippen LogP contribution in [0.1, 0.15) is 5.56 Å². The van der Waals surface area contributed by atoms with E-state index in [1.807, 2.05) is 0 Å². The average molecular weight is 295 g/mol. The Hall–Kier alpha value is -1.60. The summed E-state index contributed by atoms with van der Waals surface area (Å²) in [5.41, 5.74) is 6.85. The van der Waals surface area contributed by atoms with Crippen LogP contribution < -0.4 is 0 Å². The van der Waals surface area contributed by atoms with Gasteiger partial charge in [-0.25, -0.2) is 0 Å². The monoisotopic (exact) mass is 294 g/mol. The summed E-state index contributed by atoms with van der Waals surface area (Å²) in [6, 6.07) is 19.8. The minimum Gasteiger partial charge on any atom is -0.0876 e. The van der Waals surface area contributed by atoms with Gasteiger partial charge in [-0.3, -0.25) is 0 Å². The summed E-state index contributed by atoms with van der Waals surface area (Å²) in [4.78, 5) is 0. The van der Waals surface area contributed by atoms with Crippen molar-refractivity contribution >= 4 is 26.7 Å². The highest BCUT2D eigenvalue weighted by molar-refractivity contribution is 9.08. The number of fused-ring (bicyclic) bond motifs is 3. The average Bonchev–Trinajstić information content (AvgIpc) is 2.77. The van der Waals surface area contributed by atoms with Crippen LogP contribution in [-0.4, -0.2) is 0 Å². The minimum absolute atomic E-state index is 0.906. The molecule has 0 saturated carbocycles. The van der Waals surface area contributed by atoms with Gasteiger partial charge < -0.3 is 0 Å². The molecule has 3 aromatic carbocycles. The summed E-state index contributed by atoms with van der Waals surface area (Å²) >= 11 is 3.58. The number of benzene rings is 3. The molecule has 0 N–H and O–H groups in total. The Kier molecular flexibility index (Phi) is 2.12. The van der Waals surface area contributed by atoms with Crippen LogP contribution in [0.4, 0.5) is 0 Å². The summed E-state index contributed by atoms with van der Waals surface area (Å²) in [6.07, 6.45) is 0. The fourth-order valence-electron chi connectivity index (χ4n) is 2.99. The smallest absolute Gasteiger partial charge is 0.0289 e. The fraction of sp³-hybridized carbons (Fsp3) is 0.0588. The zero-order chi connectivity index (χ0) is 12.1. The summed E-state index contributed by atoms with van der Waals surface area (Å²) in [7, 11) is 0. The van der Waals surface area contributed by atoms with Crippen molar-refractivity contribution in [2.75, 3.05) is 0 Å². The third kappa shape index (κ3) is 1.20. The second-order valence-electron chi connectivity index (χ2n) is 4.68. The van der Waals surface area contributed by atoms with Gasteiger partial charge in [0, 0.05) is 5.33 Å². The first-order chi connectivity index (χ1) is 8.90. The third-order valence-electron chi connectivity index (χ3n) is 3.78. The van der Waals surface area contributed by atoms with Gasteiger partial charge in [0.25, 0.3) is 0 Å². The number of alkyl halides is 1. The quantitative estimate of drug-likeness (QED) is 0.413. The Bertz CT molecular complexity index is 742. The Balaban J connectivity index is 2.23. The van der Waals surface area contributed by atoms with E-state index in [4.69, 9.17) is 0 Å². The molecule has 0 fully saturated rings. The molecule has 0 unspecified atom stereocenters. The van der Waals surface area contributed by atoms with E-state index in [1.54, 1.807) is 0 Å². The van der Waals surface area contributed by atoms with E-state index in [0.29, 0.717) is 0 Å². The lowest BCUT2D eigenvalue weighted by Crippen LogP contribution is -1.83. The maximum absolute atomic E-state index is 3.58. The van der Waals surface area contributed by atoms with Crippen LogP contribution in [-0.2, 0) is 5.33 Å². The van der Waals surface area contributed by atoms with Crippen LogP contribution in [0.3, 0.4) is 0 Å². The Labute approximate surface area is 114 Å². The van der Waals surface area contributed by atoms with Gasteiger partial charge in [-0.2, -0.15) is 0 Å². The Morgan fingerprint density at radius 1 is 0.667 bits per heavy atom. The molecule has 18 heavy (non-hydrogen) atoms. The molecule has 4 rings (SSSR count). The van der Waals surface area contributed by atoms with Crippen LogP contribution in [0, 0.1) is 0 Å². The van der Waals surface area contributed by atoms with E-state index in [0.717, 1.165) is 5.33 Å². The van der Waals surface area contributed by atoms with Gasteiger partial charge in [0.05, 0.1) is 0 Å². The molecule has 0 bridgehead atoms. The van der Waals surface area contributed by atoms with E-state index in [-0.39, 0.29) is 0 Å². The van der Waals surface area contributed by atoms with E-state index in [1.165, 1.54) is 38.6 Å². The van der Waals surface area contributed by atoms with Crippen LogP contribution in [0.15, 0.2) is 54.6 Å². The maximum atomic E-state index is 3.58. The van der Waals surface area contributed by atoms with Gasteiger partial charge in [0.1, 0.15) is 0 Å². The van der Waals surface area contributed by atoms with Gasteiger partial charge in [0.15, 0.2) is 0 Å². The van der Waals surface area contributed by atoms with E-state index < -0.39 is 0 Å². The van der Waals surface area contributed by atoms with Gasteiger partial charge >= 0.3 is 0 Å². The molecule has 3 aromatic rings. The lowest BCUT2D eigenvalue weighted by molar-refractivity contribution is 1.50. The van der Waals surface area contributed by atoms with E-state index in [2.05, 4.69) is 70.5 Å². The molecular weight excluding hydrogens is 284 g/mol. The zero-order valence-corrected chi connectivity index (χ0v) is 11.4. The number of hydrogen-bond acceptors (Lipinski definition) is 0. The predicted molar refractivity (Wildman–Crippen MR) is 81.0 cm³/mol. The van der Waals surface area contributed by atoms with Crippen molar-refractivity contribution < 1.29 is 0 Å². The van der Waals surface area contributed by atoms with Gasteiger partial charge in [-0.05, 0) is 38.6 Å². The normalized spacial score (nSPS) is 11.8. The molecule has 0 aromatic heterocycles. The molecule has 0 radical (unpaired) electrons. The first-order valence-corrected chi connectivity index (χ1v) is 7.22. The van der Waals surface area contributed by atoms with Crippen molar-refractivity contribution in [3.8, 4) is 22.3 Å². The summed E-state index contributed by atoms with van der Waals surface area (Å²) in [5.74, 6) is 0. The maximum Gasteiger partial charge on any atom is 0.0289 e. The van der Waals surface area contributed by atoms with Crippen molar-refractivity contribution in [1.29, 1.82) is 0 Å². The number of hydrogen-bond donors (Lipinski definition) is 0. The molecule has 1 heteroatoms. The van der Waals surface area contributed by atoms with Crippen LogP contribution >= 0.6 is 15.9 Å². The number of halogens is 1. The molecule has 0 aliphatic heterocycles. The van der Waals surface area contributed by atoms with Crippen LogP contribution in [0.25, 0.3) is 33.0 Å². The van der Waals surface area contributed by atoms with Crippen molar-refractivity contribution in [3.63, 3.8) is 0 Å². The van der Waals surface area contributed by atoms with Crippen molar-refractivity contribution in [2.24, 2.45) is 0 Å². The van der Waals surface area contributed by atoms with Crippen LogP contribution in [0.2, 0.25) is 0 Å². The molecule has 0 spiro atoms. The predicted octanol–water partition coefficient (Wildman–Crippen LogP) is 5.38. The topological polar surface area (TPSA) is 0 Å². The molecule has 1 aliphatic carbocycles. The van der Waals surface area contributed by atoms with Crippen molar-refractivity contribution in [1.82, 2.24) is 0 Å². The second kappa shape index (κ2) is 3.69. The summed E-state index contributed by atoms with van der Waals surface area (Å²) in [6.45, 7) is 0. The molecule has 1 aliphatic rings. The van der Waals surface area contributed by atoms with Crippen molar-refractivity contribution in [3.05, 3.63) is 60.2 Å². The highest BCUT2D eigenvalue weighted by Gasteiger charge is 2.21. The highest BCUT2D eigenvalue weighted by Crippen LogP contribution is 2.47. The Morgan fingerprint density at radius 2 is 1.33 bits per heavy atom. The third-order valence-corrected chi connectivity index (χ3v) is 4.39.